The molecule has 124 valence electrons. The Hall–Kier alpha value is -1.64. The molecule has 0 saturated carbocycles. The first-order chi connectivity index (χ1) is 11.6. The summed E-state index contributed by atoms with van der Waals surface area (Å²) in [5, 5.41) is 2.64. The predicted molar refractivity (Wildman–Crippen MR) is 97.3 cm³/mol. The van der Waals surface area contributed by atoms with Crippen molar-refractivity contribution in [2.45, 2.75) is 6.61 Å². The molecule has 0 N–H and O–H groups in total. The second kappa shape index (κ2) is 7.50. The average molecular weight is 473 g/mol. The second-order valence-corrected chi connectivity index (χ2v) is 7.22. The third kappa shape index (κ3) is 3.88. The van der Waals surface area contributed by atoms with Crippen molar-refractivity contribution in [1.82, 2.24) is 4.98 Å². The lowest BCUT2D eigenvalue weighted by atomic mass is 10.2. The number of nitrogens with zero attached hydrogens (tertiary/aromatic N) is 1. The Morgan fingerprint density at radius 2 is 2.12 bits per heavy atom. The SMILES string of the molecule is COc1ccc(Br)cc1-c1nc(COC(=O)c2ccc(Br)o2)cs1. The van der Waals surface area contributed by atoms with Crippen LogP contribution in [0.5, 0.6) is 5.75 Å². The number of methoxy groups -OCH3 is 1. The molecule has 24 heavy (non-hydrogen) atoms. The molecule has 0 aliphatic rings. The molecule has 2 aromatic heterocycles. The van der Waals surface area contributed by atoms with E-state index in [1.807, 2.05) is 23.6 Å². The van der Waals surface area contributed by atoms with Gasteiger partial charge in [0.15, 0.2) is 4.67 Å². The van der Waals surface area contributed by atoms with E-state index in [-0.39, 0.29) is 12.4 Å². The number of hydrogen-bond acceptors (Lipinski definition) is 6. The molecule has 2 heterocycles. The minimum Gasteiger partial charge on any atom is -0.496 e. The van der Waals surface area contributed by atoms with Gasteiger partial charge in [-0.3, -0.25) is 0 Å². The fourth-order valence-corrected chi connectivity index (χ4v) is 3.47. The van der Waals surface area contributed by atoms with Crippen molar-refractivity contribution >= 4 is 49.2 Å². The predicted octanol–water partition coefficient (Wildman–Crippen LogP) is 5.29. The van der Waals surface area contributed by atoms with E-state index >= 15 is 0 Å². The first-order valence-corrected chi connectivity index (χ1v) is 9.24. The number of benzene rings is 1. The van der Waals surface area contributed by atoms with Crippen LogP contribution >= 0.6 is 43.2 Å². The Morgan fingerprint density at radius 3 is 2.83 bits per heavy atom. The number of carbonyl (C=O) groups is 1. The van der Waals surface area contributed by atoms with Crippen LogP contribution < -0.4 is 4.74 Å². The number of hydrogen-bond donors (Lipinski definition) is 0. The molecule has 0 fully saturated rings. The maximum absolute atomic E-state index is 11.9. The Kier molecular flexibility index (Phi) is 5.37. The molecule has 0 unspecified atom stereocenters. The lowest BCUT2D eigenvalue weighted by molar-refractivity contribution is 0.0430. The lowest BCUT2D eigenvalue weighted by Gasteiger charge is -2.06. The van der Waals surface area contributed by atoms with Crippen LogP contribution in [-0.2, 0) is 11.3 Å². The fourth-order valence-electron chi connectivity index (χ4n) is 1.98. The number of furan rings is 1. The van der Waals surface area contributed by atoms with Crippen LogP contribution in [0.1, 0.15) is 16.2 Å². The summed E-state index contributed by atoms with van der Waals surface area (Å²) in [5.74, 6) is 0.345. The standard InChI is InChI=1S/C16H11Br2NO4S/c1-21-12-3-2-9(17)6-11(12)15-19-10(8-24-15)7-22-16(20)13-4-5-14(18)23-13/h2-6,8H,7H2,1H3. The molecule has 0 radical (unpaired) electrons. The molecule has 3 rings (SSSR count). The number of rotatable bonds is 5. The molecular weight excluding hydrogens is 462 g/mol. The molecule has 0 aliphatic carbocycles. The molecule has 0 aliphatic heterocycles. The number of halogens is 2. The first-order valence-electron chi connectivity index (χ1n) is 6.77. The van der Waals surface area contributed by atoms with Crippen LogP contribution in [0, 0.1) is 0 Å². The highest BCUT2D eigenvalue weighted by Crippen LogP contribution is 2.34. The molecule has 0 amide bonds. The van der Waals surface area contributed by atoms with Crippen molar-refractivity contribution in [2.75, 3.05) is 7.11 Å². The van der Waals surface area contributed by atoms with Gasteiger partial charge in [-0.05, 0) is 46.3 Å². The van der Waals surface area contributed by atoms with Gasteiger partial charge in [0.2, 0.25) is 5.76 Å². The number of aromatic nitrogens is 1. The summed E-state index contributed by atoms with van der Waals surface area (Å²) in [6, 6.07) is 8.89. The van der Waals surface area contributed by atoms with Crippen LogP contribution in [0.3, 0.4) is 0 Å². The van der Waals surface area contributed by atoms with Gasteiger partial charge >= 0.3 is 5.97 Å². The molecule has 0 saturated heterocycles. The quantitative estimate of drug-likeness (QED) is 0.472. The largest absolute Gasteiger partial charge is 0.496 e. The molecule has 1 aromatic carbocycles. The zero-order valence-corrected chi connectivity index (χ0v) is 16.4. The summed E-state index contributed by atoms with van der Waals surface area (Å²) >= 11 is 8.05. The summed E-state index contributed by atoms with van der Waals surface area (Å²) in [5.41, 5.74) is 1.54. The number of esters is 1. The second-order valence-electron chi connectivity index (χ2n) is 4.67. The van der Waals surface area contributed by atoms with Crippen molar-refractivity contribution < 1.29 is 18.7 Å². The summed E-state index contributed by atoms with van der Waals surface area (Å²) in [6.45, 7) is 0.0734. The van der Waals surface area contributed by atoms with Gasteiger partial charge in [-0.15, -0.1) is 11.3 Å². The van der Waals surface area contributed by atoms with Gasteiger partial charge in [0.25, 0.3) is 0 Å². The summed E-state index contributed by atoms with van der Waals surface area (Å²) in [7, 11) is 1.62. The van der Waals surface area contributed by atoms with Gasteiger partial charge < -0.3 is 13.9 Å². The number of carbonyl (C=O) groups excluding carboxylic acids is 1. The summed E-state index contributed by atoms with van der Waals surface area (Å²) in [6.07, 6.45) is 0. The number of thiazole rings is 1. The maximum Gasteiger partial charge on any atom is 0.374 e. The van der Waals surface area contributed by atoms with Gasteiger partial charge in [-0.1, -0.05) is 15.9 Å². The Labute approximate surface area is 158 Å². The van der Waals surface area contributed by atoms with Gasteiger partial charge in [-0.25, -0.2) is 9.78 Å². The van der Waals surface area contributed by atoms with Crippen molar-refractivity contribution in [3.05, 3.63) is 56.3 Å². The van der Waals surface area contributed by atoms with E-state index in [4.69, 9.17) is 13.9 Å². The molecular formula is C16H11Br2NO4S. The lowest BCUT2D eigenvalue weighted by Crippen LogP contribution is -2.04. The minimum atomic E-state index is -0.532. The van der Waals surface area contributed by atoms with Crippen LogP contribution in [0.2, 0.25) is 0 Å². The van der Waals surface area contributed by atoms with Gasteiger partial charge in [-0.2, -0.15) is 0 Å². The Balaban J connectivity index is 1.72. The highest BCUT2D eigenvalue weighted by Gasteiger charge is 2.15. The normalized spacial score (nSPS) is 10.6. The van der Waals surface area contributed by atoms with Crippen molar-refractivity contribution in [1.29, 1.82) is 0 Å². The molecule has 0 bridgehead atoms. The maximum atomic E-state index is 11.9. The van der Waals surface area contributed by atoms with Crippen molar-refractivity contribution in [3.63, 3.8) is 0 Å². The van der Waals surface area contributed by atoms with E-state index in [2.05, 4.69) is 36.8 Å². The van der Waals surface area contributed by atoms with Gasteiger partial charge in [0.05, 0.1) is 18.4 Å². The Morgan fingerprint density at radius 1 is 1.29 bits per heavy atom. The molecule has 3 aromatic rings. The zero-order valence-electron chi connectivity index (χ0n) is 12.4. The minimum absolute atomic E-state index is 0.0734. The molecule has 5 nitrogen and oxygen atoms in total. The highest BCUT2D eigenvalue weighted by molar-refractivity contribution is 9.10. The first kappa shape index (κ1) is 17.2. The zero-order chi connectivity index (χ0) is 17.1. The van der Waals surface area contributed by atoms with E-state index in [9.17, 15) is 4.79 Å². The van der Waals surface area contributed by atoms with E-state index in [0.29, 0.717) is 10.4 Å². The van der Waals surface area contributed by atoms with E-state index < -0.39 is 5.97 Å². The smallest absolute Gasteiger partial charge is 0.374 e. The molecule has 0 spiro atoms. The third-order valence-electron chi connectivity index (χ3n) is 3.07. The summed E-state index contributed by atoms with van der Waals surface area (Å²) in [4.78, 5) is 16.4. The summed E-state index contributed by atoms with van der Waals surface area (Å²) < 4.78 is 17.1. The van der Waals surface area contributed by atoms with Crippen molar-refractivity contribution in [2.24, 2.45) is 0 Å². The van der Waals surface area contributed by atoms with Crippen LogP contribution in [0.15, 0.2) is 49.3 Å². The van der Waals surface area contributed by atoms with Crippen molar-refractivity contribution in [3.8, 4) is 16.3 Å². The monoisotopic (exact) mass is 471 g/mol. The topological polar surface area (TPSA) is 61.6 Å². The average Bonchev–Trinajstić information content (AvgIpc) is 3.21. The van der Waals surface area contributed by atoms with Gasteiger partial charge in [0.1, 0.15) is 17.4 Å². The highest BCUT2D eigenvalue weighted by atomic mass is 79.9. The van der Waals surface area contributed by atoms with E-state index in [1.54, 1.807) is 19.2 Å². The van der Waals surface area contributed by atoms with E-state index in [0.717, 1.165) is 20.8 Å². The molecule has 0 atom stereocenters. The fraction of sp³-hybridized carbons (Fsp3) is 0.125. The van der Waals surface area contributed by atoms with Gasteiger partial charge in [0, 0.05) is 9.85 Å². The third-order valence-corrected chi connectivity index (χ3v) is 4.91. The van der Waals surface area contributed by atoms with Crippen LogP contribution in [0.25, 0.3) is 10.6 Å². The number of ether oxygens (including phenoxy) is 2. The Bertz CT molecular complexity index is 875. The van der Waals surface area contributed by atoms with Crippen LogP contribution in [0.4, 0.5) is 0 Å². The van der Waals surface area contributed by atoms with E-state index in [1.165, 1.54) is 11.3 Å². The van der Waals surface area contributed by atoms with Crippen LogP contribution in [-0.4, -0.2) is 18.1 Å². The molecule has 8 heteroatoms.